The Morgan fingerprint density at radius 3 is 2.25 bits per heavy atom. The SMILES string of the molecule is CCCCCCCN(CCCO)C(=O)CC(N)C(C)C. The Bertz CT molecular complexity index is 245. The van der Waals surface area contributed by atoms with Crippen LogP contribution >= 0.6 is 0 Å². The Hall–Kier alpha value is -0.610. The number of aliphatic hydroxyl groups excluding tert-OH is 1. The van der Waals surface area contributed by atoms with E-state index >= 15 is 0 Å². The molecule has 1 amide bonds. The first-order valence-electron chi connectivity index (χ1n) is 8.17. The second kappa shape index (κ2) is 12.2. The summed E-state index contributed by atoms with van der Waals surface area (Å²) in [6, 6.07) is -0.0702. The zero-order valence-electron chi connectivity index (χ0n) is 13.6. The van der Waals surface area contributed by atoms with Gasteiger partial charge in [-0.05, 0) is 18.8 Å². The maximum Gasteiger partial charge on any atom is 0.224 e. The molecule has 0 bridgehead atoms. The molecule has 120 valence electrons. The monoisotopic (exact) mass is 286 g/mol. The van der Waals surface area contributed by atoms with Crippen LogP contribution in [-0.2, 0) is 4.79 Å². The molecule has 0 aromatic rings. The van der Waals surface area contributed by atoms with Gasteiger partial charge in [-0.2, -0.15) is 0 Å². The van der Waals surface area contributed by atoms with Gasteiger partial charge in [0.1, 0.15) is 0 Å². The summed E-state index contributed by atoms with van der Waals surface area (Å²) in [5.41, 5.74) is 5.98. The number of carbonyl (C=O) groups is 1. The molecule has 0 heterocycles. The molecule has 0 radical (unpaired) electrons. The maximum atomic E-state index is 12.2. The average Bonchev–Trinajstić information content (AvgIpc) is 2.41. The fraction of sp³-hybridized carbons (Fsp3) is 0.938. The van der Waals surface area contributed by atoms with Gasteiger partial charge in [-0.15, -0.1) is 0 Å². The predicted octanol–water partition coefficient (Wildman–Crippen LogP) is 2.54. The topological polar surface area (TPSA) is 66.6 Å². The number of aliphatic hydroxyl groups is 1. The molecule has 0 saturated carbocycles. The number of carbonyl (C=O) groups excluding carboxylic acids is 1. The van der Waals surface area contributed by atoms with Gasteiger partial charge in [-0.25, -0.2) is 0 Å². The Labute approximate surface area is 124 Å². The van der Waals surface area contributed by atoms with E-state index in [-0.39, 0.29) is 18.6 Å². The molecule has 1 atom stereocenters. The highest BCUT2D eigenvalue weighted by atomic mass is 16.3. The molecule has 0 fully saturated rings. The zero-order chi connectivity index (χ0) is 15.4. The molecular weight excluding hydrogens is 252 g/mol. The number of hydrogen-bond donors (Lipinski definition) is 2. The van der Waals surface area contributed by atoms with E-state index in [9.17, 15) is 4.79 Å². The molecule has 1 unspecified atom stereocenters. The lowest BCUT2D eigenvalue weighted by Crippen LogP contribution is -2.39. The van der Waals surface area contributed by atoms with E-state index in [2.05, 4.69) is 6.92 Å². The first kappa shape index (κ1) is 19.4. The Balaban J connectivity index is 4.14. The highest BCUT2D eigenvalue weighted by Gasteiger charge is 2.18. The normalized spacial score (nSPS) is 12.7. The van der Waals surface area contributed by atoms with Crippen LogP contribution in [0.25, 0.3) is 0 Å². The molecule has 0 aliphatic carbocycles. The Morgan fingerprint density at radius 2 is 1.70 bits per heavy atom. The summed E-state index contributed by atoms with van der Waals surface area (Å²) in [6.45, 7) is 7.86. The number of nitrogens with two attached hydrogens (primary N) is 1. The molecule has 4 nitrogen and oxygen atoms in total. The molecule has 20 heavy (non-hydrogen) atoms. The van der Waals surface area contributed by atoms with Crippen molar-refractivity contribution in [2.45, 2.75) is 71.8 Å². The molecule has 0 aromatic heterocycles. The van der Waals surface area contributed by atoms with E-state index in [1.54, 1.807) is 0 Å². The molecule has 4 heteroatoms. The van der Waals surface area contributed by atoms with Crippen LogP contribution in [0.3, 0.4) is 0 Å². The lowest BCUT2D eigenvalue weighted by Gasteiger charge is -2.25. The second-order valence-electron chi connectivity index (χ2n) is 5.98. The van der Waals surface area contributed by atoms with E-state index in [0.717, 1.165) is 13.0 Å². The lowest BCUT2D eigenvalue weighted by atomic mass is 10.0. The third-order valence-electron chi connectivity index (χ3n) is 3.74. The van der Waals surface area contributed by atoms with Crippen molar-refractivity contribution in [2.75, 3.05) is 19.7 Å². The summed E-state index contributed by atoms with van der Waals surface area (Å²) in [5, 5.41) is 8.95. The van der Waals surface area contributed by atoms with Crippen molar-refractivity contribution in [2.24, 2.45) is 11.7 Å². The van der Waals surface area contributed by atoms with Crippen LogP contribution in [-0.4, -0.2) is 41.7 Å². The zero-order valence-corrected chi connectivity index (χ0v) is 13.6. The molecular formula is C16H34N2O2. The minimum absolute atomic E-state index is 0.0702. The van der Waals surface area contributed by atoms with E-state index in [0.29, 0.717) is 25.3 Å². The fourth-order valence-electron chi connectivity index (χ4n) is 2.10. The van der Waals surface area contributed by atoms with E-state index in [4.69, 9.17) is 10.8 Å². The molecule has 0 aromatic carbocycles. The Kier molecular flexibility index (Phi) is 11.8. The smallest absolute Gasteiger partial charge is 0.224 e. The van der Waals surface area contributed by atoms with Crippen molar-refractivity contribution in [1.82, 2.24) is 4.90 Å². The molecule has 0 spiro atoms. The predicted molar refractivity (Wildman–Crippen MR) is 84.5 cm³/mol. The van der Waals surface area contributed by atoms with Gasteiger partial charge >= 0.3 is 0 Å². The molecule has 3 N–H and O–H groups in total. The number of rotatable bonds is 12. The van der Waals surface area contributed by atoms with Crippen molar-refractivity contribution in [3.05, 3.63) is 0 Å². The van der Waals surface area contributed by atoms with Crippen LogP contribution in [0, 0.1) is 5.92 Å². The third-order valence-corrected chi connectivity index (χ3v) is 3.74. The summed E-state index contributed by atoms with van der Waals surface area (Å²) in [6.07, 6.45) is 7.03. The summed E-state index contributed by atoms with van der Waals surface area (Å²) < 4.78 is 0. The van der Waals surface area contributed by atoms with Gasteiger partial charge in [-0.1, -0.05) is 46.5 Å². The average molecular weight is 286 g/mol. The van der Waals surface area contributed by atoms with Crippen LogP contribution in [0.15, 0.2) is 0 Å². The van der Waals surface area contributed by atoms with Gasteiger partial charge in [0, 0.05) is 32.2 Å². The van der Waals surface area contributed by atoms with E-state index in [1.165, 1.54) is 25.7 Å². The molecule has 0 rings (SSSR count). The van der Waals surface area contributed by atoms with Crippen LogP contribution in [0.4, 0.5) is 0 Å². The van der Waals surface area contributed by atoms with Crippen molar-refractivity contribution < 1.29 is 9.90 Å². The summed E-state index contributed by atoms with van der Waals surface area (Å²) in [4.78, 5) is 14.1. The molecule has 0 aliphatic heterocycles. The van der Waals surface area contributed by atoms with Gasteiger partial charge < -0.3 is 15.7 Å². The van der Waals surface area contributed by atoms with Crippen LogP contribution < -0.4 is 5.73 Å². The lowest BCUT2D eigenvalue weighted by molar-refractivity contribution is -0.132. The quantitative estimate of drug-likeness (QED) is 0.542. The highest BCUT2D eigenvalue weighted by molar-refractivity contribution is 5.76. The van der Waals surface area contributed by atoms with Gasteiger partial charge in [0.2, 0.25) is 5.91 Å². The van der Waals surface area contributed by atoms with E-state index < -0.39 is 0 Å². The first-order chi connectivity index (χ1) is 9.52. The van der Waals surface area contributed by atoms with Gasteiger partial charge in [0.05, 0.1) is 0 Å². The van der Waals surface area contributed by atoms with E-state index in [1.807, 2.05) is 18.7 Å². The fourth-order valence-corrected chi connectivity index (χ4v) is 2.10. The molecule has 0 aliphatic rings. The summed E-state index contributed by atoms with van der Waals surface area (Å²) >= 11 is 0. The standard InChI is InChI=1S/C16H34N2O2/c1-4-5-6-7-8-10-18(11-9-12-19)16(20)13-15(17)14(2)3/h14-15,19H,4-13,17H2,1-3H3. The molecule has 0 saturated heterocycles. The minimum atomic E-state index is -0.0702. The second-order valence-corrected chi connectivity index (χ2v) is 5.98. The van der Waals surface area contributed by atoms with Gasteiger partial charge in [0.25, 0.3) is 0 Å². The summed E-state index contributed by atoms with van der Waals surface area (Å²) in [7, 11) is 0. The third kappa shape index (κ3) is 9.32. The van der Waals surface area contributed by atoms with Crippen molar-refractivity contribution in [3.63, 3.8) is 0 Å². The van der Waals surface area contributed by atoms with Crippen LogP contribution in [0.2, 0.25) is 0 Å². The maximum absolute atomic E-state index is 12.2. The summed E-state index contributed by atoms with van der Waals surface area (Å²) in [5.74, 6) is 0.457. The van der Waals surface area contributed by atoms with Gasteiger partial charge in [0.15, 0.2) is 0 Å². The number of hydrogen-bond acceptors (Lipinski definition) is 3. The van der Waals surface area contributed by atoms with Crippen LogP contribution in [0.5, 0.6) is 0 Å². The largest absolute Gasteiger partial charge is 0.396 e. The number of nitrogens with zero attached hydrogens (tertiary/aromatic N) is 1. The highest BCUT2D eigenvalue weighted by Crippen LogP contribution is 2.09. The number of amides is 1. The van der Waals surface area contributed by atoms with Crippen LogP contribution in [0.1, 0.15) is 65.7 Å². The first-order valence-corrected chi connectivity index (χ1v) is 8.17. The van der Waals surface area contributed by atoms with Crippen molar-refractivity contribution in [3.8, 4) is 0 Å². The minimum Gasteiger partial charge on any atom is -0.396 e. The number of unbranched alkanes of at least 4 members (excludes halogenated alkanes) is 4. The van der Waals surface area contributed by atoms with Gasteiger partial charge in [-0.3, -0.25) is 4.79 Å². The van der Waals surface area contributed by atoms with Crippen molar-refractivity contribution in [1.29, 1.82) is 0 Å². The Morgan fingerprint density at radius 1 is 1.10 bits per heavy atom. The van der Waals surface area contributed by atoms with Crippen molar-refractivity contribution >= 4 is 5.91 Å².